The Morgan fingerprint density at radius 2 is 2.15 bits per heavy atom. The maximum Gasteiger partial charge on any atom is 0.194 e. The fourth-order valence-corrected chi connectivity index (χ4v) is 4.65. The number of guanidine groups is 1. The van der Waals surface area contributed by atoms with Crippen LogP contribution in [0.25, 0.3) is 0 Å². The molecule has 3 heterocycles. The average molecular weight is 392 g/mol. The molecule has 1 unspecified atom stereocenters. The van der Waals surface area contributed by atoms with Gasteiger partial charge in [-0.1, -0.05) is 19.9 Å². The second-order valence-corrected chi connectivity index (χ2v) is 8.74. The summed E-state index contributed by atoms with van der Waals surface area (Å²) in [6.45, 7) is 13.8. The van der Waals surface area contributed by atoms with Crippen molar-refractivity contribution in [2.75, 3.05) is 56.6 Å². The molecule has 7 heteroatoms. The van der Waals surface area contributed by atoms with E-state index in [-0.39, 0.29) is 0 Å². The normalized spacial score (nSPS) is 21.6. The molecule has 0 spiro atoms. The fourth-order valence-electron chi connectivity index (χ4n) is 3.35. The van der Waals surface area contributed by atoms with Crippen molar-refractivity contribution in [3.05, 3.63) is 23.9 Å². The largest absolute Gasteiger partial charge is 0.378 e. The van der Waals surface area contributed by atoms with E-state index in [0.29, 0.717) is 17.7 Å². The molecule has 0 aliphatic carbocycles. The van der Waals surface area contributed by atoms with Gasteiger partial charge in [-0.2, -0.15) is 11.8 Å². The van der Waals surface area contributed by atoms with Gasteiger partial charge in [0.25, 0.3) is 0 Å². The van der Waals surface area contributed by atoms with Gasteiger partial charge in [0.1, 0.15) is 5.82 Å². The van der Waals surface area contributed by atoms with Crippen LogP contribution in [0.1, 0.15) is 26.3 Å². The number of hydrogen-bond donors (Lipinski definition) is 1. The first kappa shape index (κ1) is 20.3. The average Bonchev–Trinajstić information content (AvgIpc) is 2.72. The van der Waals surface area contributed by atoms with Gasteiger partial charge in [0.15, 0.2) is 5.96 Å². The van der Waals surface area contributed by atoms with Gasteiger partial charge in [-0.05, 0) is 24.5 Å². The number of aliphatic imine (C=N–C) groups is 1. The molecule has 0 bridgehead atoms. The van der Waals surface area contributed by atoms with Gasteiger partial charge >= 0.3 is 0 Å². The quantitative estimate of drug-likeness (QED) is 0.615. The Hall–Kier alpha value is -1.47. The molecule has 2 aliphatic heterocycles. The molecular formula is C20H33N5OS. The van der Waals surface area contributed by atoms with Crippen LogP contribution in [-0.2, 0) is 11.3 Å². The van der Waals surface area contributed by atoms with E-state index in [0.717, 1.165) is 63.3 Å². The highest BCUT2D eigenvalue weighted by atomic mass is 32.2. The number of morpholine rings is 1. The summed E-state index contributed by atoms with van der Waals surface area (Å²) in [7, 11) is 0. The highest BCUT2D eigenvalue weighted by molar-refractivity contribution is 8.00. The molecular weight excluding hydrogens is 358 g/mol. The molecule has 2 aliphatic rings. The highest BCUT2D eigenvalue weighted by Gasteiger charge is 2.24. The maximum absolute atomic E-state index is 5.41. The van der Waals surface area contributed by atoms with Crippen molar-refractivity contribution in [2.24, 2.45) is 10.9 Å². The lowest BCUT2D eigenvalue weighted by molar-refractivity contribution is 0.122. The van der Waals surface area contributed by atoms with Crippen LogP contribution in [0.2, 0.25) is 0 Å². The number of aromatic nitrogens is 1. The monoisotopic (exact) mass is 391 g/mol. The fraction of sp³-hybridized carbons (Fsp3) is 0.700. The number of nitrogens with one attached hydrogen (secondary N) is 1. The summed E-state index contributed by atoms with van der Waals surface area (Å²) in [6.07, 6.45) is 1.96. The number of rotatable bonds is 5. The first-order chi connectivity index (χ1) is 13.2. The third-order valence-corrected chi connectivity index (χ3v) is 6.57. The van der Waals surface area contributed by atoms with Gasteiger partial charge in [-0.25, -0.2) is 9.98 Å². The van der Waals surface area contributed by atoms with Crippen LogP contribution in [0.5, 0.6) is 0 Å². The molecule has 150 valence electrons. The van der Waals surface area contributed by atoms with Crippen molar-refractivity contribution in [2.45, 2.75) is 32.6 Å². The summed E-state index contributed by atoms with van der Waals surface area (Å²) in [4.78, 5) is 14.2. The predicted molar refractivity (Wildman–Crippen MR) is 115 cm³/mol. The molecule has 2 saturated heterocycles. The summed E-state index contributed by atoms with van der Waals surface area (Å²) in [5.41, 5.74) is 1.15. The van der Waals surface area contributed by atoms with E-state index >= 15 is 0 Å². The van der Waals surface area contributed by atoms with E-state index in [2.05, 4.69) is 64.8 Å². The van der Waals surface area contributed by atoms with Crippen molar-refractivity contribution >= 4 is 23.5 Å². The number of ether oxygens (including phenoxy) is 1. The van der Waals surface area contributed by atoms with Crippen LogP contribution in [0, 0.1) is 5.92 Å². The topological polar surface area (TPSA) is 53.0 Å². The molecule has 0 saturated carbocycles. The Kier molecular flexibility index (Phi) is 7.64. The van der Waals surface area contributed by atoms with E-state index < -0.39 is 0 Å². The van der Waals surface area contributed by atoms with Gasteiger partial charge in [0.2, 0.25) is 0 Å². The van der Waals surface area contributed by atoms with Crippen molar-refractivity contribution < 1.29 is 4.74 Å². The van der Waals surface area contributed by atoms with E-state index in [1.165, 1.54) is 5.75 Å². The summed E-state index contributed by atoms with van der Waals surface area (Å²) in [6, 6.07) is 4.25. The lowest BCUT2D eigenvalue weighted by atomic mass is 10.1. The molecule has 1 N–H and O–H groups in total. The molecule has 0 radical (unpaired) electrons. The second kappa shape index (κ2) is 10.2. The van der Waals surface area contributed by atoms with E-state index in [1.54, 1.807) is 0 Å². The molecule has 0 aromatic carbocycles. The number of pyridine rings is 1. The summed E-state index contributed by atoms with van der Waals surface area (Å²) in [5.74, 6) is 3.92. The Balaban J connectivity index is 1.62. The second-order valence-electron chi connectivity index (χ2n) is 7.39. The van der Waals surface area contributed by atoms with Crippen molar-refractivity contribution in [1.82, 2.24) is 15.2 Å². The van der Waals surface area contributed by atoms with Crippen molar-refractivity contribution in [3.63, 3.8) is 0 Å². The molecule has 27 heavy (non-hydrogen) atoms. The summed E-state index contributed by atoms with van der Waals surface area (Å²) >= 11 is 2.09. The molecule has 6 nitrogen and oxygen atoms in total. The zero-order valence-electron chi connectivity index (χ0n) is 16.9. The summed E-state index contributed by atoms with van der Waals surface area (Å²) < 4.78 is 5.41. The lowest BCUT2D eigenvalue weighted by Gasteiger charge is -2.36. The minimum atomic E-state index is 0.661. The van der Waals surface area contributed by atoms with Crippen LogP contribution < -0.4 is 10.2 Å². The van der Waals surface area contributed by atoms with Crippen LogP contribution in [0.15, 0.2) is 23.3 Å². The third kappa shape index (κ3) is 5.75. The van der Waals surface area contributed by atoms with Crippen molar-refractivity contribution in [3.8, 4) is 0 Å². The Bertz CT molecular complexity index is 601. The van der Waals surface area contributed by atoms with Gasteiger partial charge in [0.05, 0.1) is 19.8 Å². The van der Waals surface area contributed by atoms with Crippen LogP contribution >= 0.6 is 11.8 Å². The lowest BCUT2D eigenvalue weighted by Crippen LogP contribution is -2.49. The predicted octanol–water partition coefficient (Wildman–Crippen LogP) is 2.46. The minimum Gasteiger partial charge on any atom is -0.378 e. The molecule has 3 rings (SSSR count). The summed E-state index contributed by atoms with van der Waals surface area (Å²) in [5, 5.41) is 4.15. The Labute approximate surface area is 167 Å². The SMILES string of the molecule is CCNC(=NCc1ccc(N2CCOCC2)nc1)N1CCSC(C(C)C)C1. The van der Waals surface area contributed by atoms with Crippen LogP contribution in [0.4, 0.5) is 5.82 Å². The van der Waals surface area contributed by atoms with Gasteiger partial charge < -0.3 is 19.9 Å². The first-order valence-electron chi connectivity index (χ1n) is 10.1. The number of hydrogen-bond acceptors (Lipinski definition) is 5. The Morgan fingerprint density at radius 1 is 1.33 bits per heavy atom. The van der Waals surface area contributed by atoms with E-state index in [9.17, 15) is 0 Å². The molecule has 1 aromatic heterocycles. The van der Waals surface area contributed by atoms with E-state index in [4.69, 9.17) is 9.73 Å². The third-order valence-electron chi connectivity index (χ3n) is 5.03. The zero-order chi connectivity index (χ0) is 19.1. The van der Waals surface area contributed by atoms with Crippen molar-refractivity contribution in [1.29, 1.82) is 0 Å². The Morgan fingerprint density at radius 3 is 2.81 bits per heavy atom. The zero-order valence-corrected chi connectivity index (χ0v) is 17.7. The van der Waals surface area contributed by atoms with Gasteiger partial charge in [-0.15, -0.1) is 0 Å². The molecule has 2 fully saturated rings. The molecule has 1 atom stereocenters. The van der Waals surface area contributed by atoms with Crippen LogP contribution in [0.3, 0.4) is 0 Å². The highest BCUT2D eigenvalue weighted by Crippen LogP contribution is 2.25. The number of thioether (sulfide) groups is 1. The molecule has 1 aromatic rings. The molecule has 0 amide bonds. The number of anilines is 1. The van der Waals surface area contributed by atoms with Gasteiger partial charge in [-0.3, -0.25) is 0 Å². The minimum absolute atomic E-state index is 0.661. The number of nitrogens with zero attached hydrogens (tertiary/aromatic N) is 4. The van der Waals surface area contributed by atoms with Gasteiger partial charge in [0, 0.05) is 49.9 Å². The standard InChI is InChI=1S/C20H33N5OS/c1-4-21-20(25-9-12-27-18(15-25)16(2)3)23-14-17-5-6-19(22-13-17)24-7-10-26-11-8-24/h5-6,13,16,18H,4,7-12,14-15H2,1-3H3,(H,21,23). The van der Waals surface area contributed by atoms with Crippen LogP contribution in [-0.4, -0.2) is 72.8 Å². The maximum atomic E-state index is 5.41. The van der Waals surface area contributed by atoms with E-state index in [1.807, 2.05) is 6.20 Å². The smallest absolute Gasteiger partial charge is 0.194 e. The first-order valence-corrected chi connectivity index (χ1v) is 11.1.